The molecule has 3 heteroatoms. The molecule has 3 saturated carbocycles. The zero-order valence-electron chi connectivity index (χ0n) is 12.4. The molecule has 1 aromatic rings. The highest BCUT2D eigenvalue weighted by Crippen LogP contribution is 2.57. The summed E-state index contributed by atoms with van der Waals surface area (Å²) in [7, 11) is 0. The summed E-state index contributed by atoms with van der Waals surface area (Å²) < 4.78 is 0. The van der Waals surface area contributed by atoms with Gasteiger partial charge in [0.15, 0.2) is 0 Å². The summed E-state index contributed by atoms with van der Waals surface area (Å²) in [4.78, 5) is 0. The van der Waals surface area contributed by atoms with Crippen LogP contribution in [0.25, 0.3) is 0 Å². The van der Waals surface area contributed by atoms with Crippen LogP contribution in [0.1, 0.15) is 44.1 Å². The van der Waals surface area contributed by atoms with E-state index < -0.39 is 0 Å². The van der Waals surface area contributed by atoms with E-state index in [4.69, 9.17) is 23.2 Å². The van der Waals surface area contributed by atoms with Crippen molar-refractivity contribution < 1.29 is 0 Å². The Bertz CT molecular complexity index is 540. The summed E-state index contributed by atoms with van der Waals surface area (Å²) in [5.41, 5.74) is 1.72. The molecule has 1 aromatic carbocycles. The van der Waals surface area contributed by atoms with Gasteiger partial charge in [0.2, 0.25) is 0 Å². The van der Waals surface area contributed by atoms with Crippen LogP contribution in [0.2, 0.25) is 10.0 Å². The lowest BCUT2D eigenvalue weighted by Gasteiger charge is -2.39. The average molecular weight is 324 g/mol. The predicted octanol–water partition coefficient (Wildman–Crippen LogP) is 5.09. The summed E-state index contributed by atoms with van der Waals surface area (Å²) in [6, 6.07) is 6.81. The Hall–Kier alpha value is -0.240. The fourth-order valence-electron chi connectivity index (χ4n) is 4.73. The zero-order chi connectivity index (χ0) is 14.4. The van der Waals surface area contributed by atoms with Crippen molar-refractivity contribution >= 4 is 23.2 Å². The van der Waals surface area contributed by atoms with Crippen molar-refractivity contribution in [3.8, 4) is 0 Å². The Morgan fingerprint density at radius 1 is 1.14 bits per heavy atom. The number of hydrogen-bond acceptors (Lipinski definition) is 1. The molecule has 114 valence electrons. The second kappa shape index (κ2) is 5.44. The van der Waals surface area contributed by atoms with Gasteiger partial charge in [-0.1, -0.05) is 35.7 Å². The van der Waals surface area contributed by atoms with Crippen LogP contribution < -0.4 is 5.32 Å². The minimum atomic E-state index is 0.434. The van der Waals surface area contributed by atoms with Crippen molar-refractivity contribution in [1.29, 1.82) is 0 Å². The molecule has 3 aliphatic rings. The van der Waals surface area contributed by atoms with E-state index in [1.807, 2.05) is 12.1 Å². The normalized spacial score (nSPS) is 34.6. The molecule has 0 aliphatic heterocycles. The van der Waals surface area contributed by atoms with Crippen molar-refractivity contribution in [2.75, 3.05) is 6.54 Å². The fourth-order valence-corrected chi connectivity index (χ4v) is 5.21. The summed E-state index contributed by atoms with van der Waals surface area (Å²) in [6.07, 6.45) is 9.54. The van der Waals surface area contributed by atoms with Gasteiger partial charge in [-0.25, -0.2) is 0 Å². The van der Waals surface area contributed by atoms with E-state index in [2.05, 4.69) is 11.4 Å². The van der Waals surface area contributed by atoms with Crippen LogP contribution in [-0.4, -0.2) is 12.6 Å². The molecule has 2 bridgehead atoms. The Morgan fingerprint density at radius 2 is 2.00 bits per heavy atom. The molecule has 1 nitrogen and oxygen atoms in total. The van der Waals surface area contributed by atoms with Crippen molar-refractivity contribution in [3.05, 3.63) is 33.8 Å². The highest BCUT2D eigenvalue weighted by atomic mass is 35.5. The van der Waals surface area contributed by atoms with Crippen LogP contribution in [0, 0.1) is 17.3 Å². The number of nitrogens with one attached hydrogen (secondary N) is 1. The Morgan fingerprint density at radius 3 is 2.62 bits per heavy atom. The van der Waals surface area contributed by atoms with Crippen molar-refractivity contribution in [2.24, 2.45) is 17.3 Å². The molecule has 3 fully saturated rings. The summed E-state index contributed by atoms with van der Waals surface area (Å²) in [5.74, 6) is 1.85. The maximum Gasteiger partial charge on any atom is 0.0453 e. The third-order valence-electron chi connectivity index (χ3n) is 5.98. The van der Waals surface area contributed by atoms with E-state index in [0.29, 0.717) is 5.41 Å². The van der Waals surface area contributed by atoms with E-state index in [1.165, 1.54) is 50.6 Å². The van der Waals surface area contributed by atoms with Gasteiger partial charge in [-0.05, 0) is 73.5 Å². The van der Waals surface area contributed by atoms with Gasteiger partial charge >= 0.3 is 0 Å². The topological polar surface area (TPSA) is 12.0 Å². The van der Waals surface area contributed by atoms with Crippen molar-refractivity contribution in [2.45, 2.75) is 51.0 Å². The first-order chi connectivity index (χ1) is 10.1. The minimum absolute atomic E-state index is 0.434. The molecule has 0 spiro atoms. The van der Waals surface area contributed by atoms with Crippen molar-refractivity contribution in [1.82, 2.24) is 5.32 Å². The first-order valence-electron chi connectivity index (χ1n) is 8.32. The van der Waals surface area contributed by atoms with Gasteiger partial charge in [-0.2, -0.15) is 0 Å². The van der Waals surface area contributed by atoms with Crippen LogP contribution in [0.4, 0.5) is 0 Å². The molecule has 3 aliphatic carbocycles. The number of benzene rings is 1. The molecule has 3 unspecified atom stereocenters. The van der Waals surface area contributed by atoms with Gasteiger partial charge in [0.05, 0.1) is 0 Å². The molecule has 0 heterocycles. The third-order valence-corrected chi connectivity index (χ3v) is 6.57. The van der Waals surface area contributed by atoms with Crippen molar-refractivity contribution in [3.63, 3.8) is 0 Å². The van der Waals surface area contributed by atoms with Crippen LogP contribution in [0.3, 0.4) is 0 Å². The number of fused-ring (bicyclic) bond motifs is 2. The lowest BCUT2D eigenvalue weighted by Crippen LogP contribution is -2.41. The second-order valence-electron chi connectivity index (χ2n) is 7.51. The molecule has 3 atom stereocenters. The quantitative estimate of drug-likeness (QED) is 0.795. The Balaban J connectivity index is 1.57. The molecule has 21 heavy (non-hydrogen) atoms. The molecular formula is C18H23Cl2N. The molecule has 0 radical (unpaired) electrons. The summed E-state index contributed by atoms with van der Waals surface area (Å²) in [6.45, 7) is 1.18. The number of rotatable bonds is 5. The SMILES string of the molecule is Clc1ccc(CC2(CNC3CC3)CC3CCC2C3)c(Cl)c1. The van der Waals surface area contributed by atoms with Gasteiger partial charge in [-0.15, -0.1) is 0 Å². The molecular weight excluding hydrogens is 301 g/mol. The lowest BCUT2D eigenvalue weighted by atomic mass is 9.69. The van der Waals surface area contributed by atoms with Gasteiger partial charge in [0.1, 0.15) is 0 Å². The summed E-state index contributed by atoms with van der Waals surface area (Å²) >= 11 is 12.5. The van der Waals surface area contributed by atoms with E-state index in [9.17, 15) is 0 Å². The number of hydrogen-bond donors (Lipinski definition) is 1. The van der Waals surface area contributed by atoms with E-state index in [0.717, 1.165) is 34.3 Å². The first-order valence-corrected chi connectivity index (χ1v) is 9.07. The first kappa shape index (κ1) is 14.4. The minimum Gasteiger partial charge on any atom is -0.313 e. The van der Waals surface area contributed by atoms with Crippen LogP contribution in [0.15, 0.2) is 18.2 Å². The molecule has 0 amide bonds. The molecule has 0 saturated heterocycles. The Kier molecular flexibility index (Phi) is 3.72. The molecule has 0 aromatic heterocycles. The van der Waals surface area contributed by atoms with Gasteiger partial charge in [0, 0.05) is 22.6 Å². The highest BCUT2D eigenvalue weighted by molar-refractivity contribution is 6.35. The van der Waals surface area contributed by atoms with Crippen LogP contribution >= 0.6 is 23.2 Å². The monoisotopic (exact) mass is 323 g/mol. The standard InChI is InChI=1S/C18H23Cl2N/c19-15-4-2-13(17(20)8-15)10-18(11-21-16-5-6-16)9-12-1-3-14(18)7-12/h2,4,8,12,14,16,21H,1,3,5-7,9-11H2. The second-order valence-corrected chi connectivity index (χ2v) is 8.35. The highest BCUT2D eigenvalue weighted by Gasteiger charge is 2.50. The molecule has 4 rings (SSSR count). The summed E-state index contributed by atoms with van der Waals surface area (Å²) in [5, 5.41) is 5.39. The molecule has 1 N–H and O–H groups in total. The van der Waals surface area contributed by atoms with Gasteiger partial charge in [0.25, 0.3) is 0 Å². The maximum absolute atomic E-state index is 6.44. The fraction of sp³-hybridized carbons (Fsp3) is 0.667. The van der Waals surface area contributed by atoms with E-state index in [-0.39, 0.29) is 0 Å². The smallest absolute Gasteiger partial charge is 0.0453 e. The van der Waals surface area contributed by atoms with Gasteiger partial charge in [-0.3, -0.25) is 0 Å². The van der Waals surface area contributed by atoms with Crippen LogP contribution in [0.5, 0.6) is 0 Å². The predicted molar refractivity (Wildman–Crippen MR) is 89.1 cm³/mol. The van der Waals surface area contributed by atoms with Gasteiger partial charge < -0.3 is 5.32 Å². The largest absolute Gasteiger partial charge is 0.313 e. The zero-order valence-corrected chi connectivity index (χ0v) is 13.9. The third kappa shape index (κ3) is 2.85. The maximum atomic E-state index is 6.44. The average Bonchev–Trinajstić information content (AvgIpc) is 3.09. The van der Waals surface area contributed by atoms with E-state index >= 15 is 0 Å². The van der Waals surface area contributed by atoms with E-state index in [1.54, 1.807) is 0 Å². The Labute approximate surface area is 137 Å². The lowest BCUT2D eigenvalue weighted by molar-refractivity contribution is 0.155. The number of halogens is 2. The van der Waals surface area contributed by atoms with Crippen LogP contribution in [-0.2, 0) is 6.42 Å².